The lowest BCUT2D eigenvalue weighted by molar-refractivity contribution is -0.238. The third-order valence-corrected chi connectivity index (χ3v) is 5.72. The van der Waals surface area contributed by atoms with E-state index in [-0.39, 0.29) is 31.3 Å². The average molecular weight is 440 g/mol. The molecular formula is C20H23F3N4O4. The second-order valence-electron chi connectivity index (χ2n) is 7.97. The van der Waals surface area contributed by atoms with Crippen LogP contribution in [0.15, 0.2) is 18.2 Å². The Kier molecular flexibility index (Phi) is 6.00. The minimum Gasteiger partial charge on any atom is -0.362 e. The summed E-state index contributed by atoms with van der Waals surface area (Å²) >= 11 is 0. The summed E-state index contributed by atoms with van der Waals surface area (Å²) in [6, 6.07) is 4.71. The molecule has 3 amide bonds. The highest BCUT2D eigenvalue weighted by Gasteiger charge is 2.43. The van der Waals surface area contributed by atoms with Gasteiger partial charge in [0, 0.05) is 44.7 Å². The van der Waals surface area contributed by atoms with Gasteiger partial charge in [0.05, 0.1) is 6.10 Å². The van der Waals surface area contributed by atoms with Crippen molar-refractivity contribution in [2.75, 3.05) is 19.6 Å². The molecule has 0 radical (unpaired) electrons. The summed E-state index contributed by atoms with van der Waals surface area (Å²) < 4.78 is 43.5. The highest BCUT2D eigenvalue weighted by atomic mass is 19.4. The molecule has 3 N–H and O–H groups in total. The van der Waals surface area contributed by atoms with Crippen molar-refractivity contribution in [1.29, 1.82) is 0 Å². The number of fused-ring (bicyclic) bond motifs is 1. The fourth-order valence-corrected chi connectivity index (χ4v) is 4.11. The Morgan fingerprint density at radius 1 is 1.19 bits per heavy atom. The number of alkyl halides is 3. The Hall–Kier alpha value is -2.50. The van der Waals surface area contributed by atoms with Gasteiger partial charge in [-0.1, -0.05) is 12.1 Å². The zero-order chi connectivity index (χ0) is 22.2. The van der Waals surface area contributed by atoms with Gasteiger partial charge in [-0.05, 0) is 23.6 Å². The Labute approximate surface area is 176 Å². The average Bonchev–Trinajstić information content (AvgIpc) is 3.04. The maximum atomic E-state index is 12.8. The first-order valence-corrected chi connectivity index (χ1v) is 10.1. The van der Waals surface area contributed by atoms with Crippen LogP contribution in [0.1, 0.15) is 34.3 Å². The minimum atomic E-state index is -4.40. The van der Waals surface area contributed by atoms with Gasteiger partial charge in [0.25, 0.3) is 5.91 Å². The topological polar surface area (TPSA) is 99.8 Å². The Bertz CT molecular complexity index is 892. The van der Waals surface area contributed by atoms with Crippen LogP contribution in [0, 0.1) is 0 Å². The summed E-state index contributed by atoms with van der Waals surface area (Å²) in [4.78, 5) is 37.8. The third kappa shape index (κ3) is 4.73. The summed E-state index contributed by atoms with van der Waals surface area (Å²) in [6.45, 7) is 0.955. The number of carbonyl (C=O) groups excluding carboxylic acids is 3. The number of piperidine rings is 1. The molecule has 0 aliphatic carbocycles. The van der Waals surface area contributed by atoms with Gasteiger partial charge in [-0.3, -0.25) is 19.7 Å². The van der Waals surface area contributed by atoms with Gasteiger partial charge in [-0.25, -0.2) is 0 Å². The van der Waals surface area contributed by atoms with E-state index in [0.29, 0.717) is 31.6 Å². The standard InChI is InChI=1S/C20H23F3N4O4/c21-20(22,23)16-9-25-8-13(31-16)7-24-6-11-1-2-12-10-27(19(30)14(12)5-11)15-3-4-17(28)26-18(15)29/h1-2,5,13,15-16,24-25H,3-4,6-10H2,(H,26,28,29). The van der Waals surface area contributed by atoms with E-state index in [0.717, 1.165) is 11.1 Å². The lowest BCUT2D eigenvalue weighted by Gasteiger charge is -2.32. The number of carbonyl (C=O) groups is 3. The lowest BCUT2D eigenvalue weighted by Crippen LogP contribution is -2.53. The normalized spacial score (nSPS) is 26.7. The van der Waals surface area contributed by atoms with E-state index in [1.54, 1.807) is 6.07 Å². The zero-order valence-corrected chi connectivity index (χ0v) is 16.6. The predicted molar refractivity (Wildman–Crippen MR) is 102 cm³/mol. The van der Waals surface area contributed by atoms with Crippen LogP contribution in [0.25, 0.3) is 0 Å². The number of halogens is 3. The highest BCUT2D eigenvalue weighted by molar-refractivity contribution is 6.05. The molecule has 1 aromatic rings. The van der Waals surface area contributed by atoms with Crippen LogP contribution in [0.5, 0.6) is 0 Å². The van der Waals surface area contributed by atoms with Crippen LogP contribution in [0.2, 0.25) is 0 Å². The molecule has 11 heteroatoms. The van der Waals surface area contributed by atoms with E-state index in [1.165, 1.54) is 4.90 Å². The van der Waals surface area contributed by atoms with Gasteiger partial charge in [-0.2, -0.15) is 13.2 Å². The Morgan fingerprint density at radius 3 is 2.74 bits per heavy atom. The van der Waals surface area contributed by atoms with Crippen molar-refractivity contribution < 1.29 is 32.3 Å². The maximum absolute atomic E-state index is 12.8. The highest BCUT2D eigenvalue weighted by Crippen LogP contribution is 2.28. The van der Waals surface area contributed by atoms with Gasteiger partial charge in [0.1, 0.15) is 6.04 Å². The first-order chi connectivity index (χ1) is 14.7. The van der Waals surface area contributed by atoms with Crippen LogP contribution < -0.4 is 16.0 Å². The lowest BCUT2D eigenvalue weighted by atomic mass is 10.0. The number of benzene rings is 1. The second-order valence-corrected chi connectivity index (χ2v) is 7.97. The van der Waals surface area contributed by atoms with Gasteiger partial charge in [0.15, 0.2) is 6.10 Å². The monoisotopic (exact) mass is 440 g/mol. The summed E-state index contributed by atoms with van der Waals surface area (Å²) in [5, 5.41) is 8.08. The minimum absolute atomic E-state index is 0.193. The fourth-order valence-electron chi connectivity index (χ4n) is 4.11. The van der Waals surface area contributed by atoms with Crippen molar-refractivity contribution in [3.8, 4) is 0 Å². The molecule has 3 aliphatic rings. The molecule has 3 unspecified atom stereocenters. The number of rotatable bonds is 5. The molecule has 3 heterocycles. The van der Waals surface area contributed by atoms with E-state index in [1.807, 2.05) is 12.1 Å². The van der Waals surface area contributed by atoms with E-state index in [9.17, 15) is 27.6 Å². The van der Waals surface area contributed by atoms with Crippen LogP contribution in [-0.2, 0) is 27.4 Å². The van der Waals surface area contributed by atoms with Crippen LogP contribution in [-0.4, -0.2) is 66.7 Å². The summed E-state index contributed by atoms with van der Waals surface area (Å²) in [7, 11) is 0. The maximum Gasteiger partial charge on any atom is 0.415 e. The molecule has 0 bridgehead atoms. The van der Waals surface area contributed by atoms with Gasteiger partial charge in [-0.15, -0.1) is 0 Å². The summed E-state index contributed by atoms with van der Waals surface area (Å²) in [5.41, 5.74) is 2.09. The van der Waals surface area contributed by atoms with Crippen molar-refractivity contribution in [2.45, 2.75) is 50.4 Å². The van der Waals surface area contributed by atoms with Gasteiger partial charge < -0.3 is 20.3 Å². The predicted octanol–water partition coefficient (Wildman–Crippen LogP) is 0.457. The van der Waals surface area contributed by atoms with Crippen molar-refractivity contribution in [3.63, 3.8) is 0 Å². The molecular weight excluding hydrogens is 417 g/mol. The van der Waals surface area contributed by atoms with Crippen LogP contribution in [0.4, 0.5) is 13.2 Å². The smallest absolute Gasteiger partial charge is 0.362 e. The van der Waals surface area contributed by atoms with E-state index in [2.05, 4.69) is 16.0 Å². The molecule has 2 fully saturated rings. The number of morpholine rings is 1. The van der Waals surface area contributed by atoms with Crippen LogP contribution in [0.3, 0.4) is 0 Å². The first-order valence-electron chi connectivity index (χ1n) is 10.1. The molecule has 4 rings (SSSR count). The first kappa shape index (κ1) is 21.7. The van der Waals surface area contributed by atoms with Crippen LogP contribution >= 0.6 is 0 Å². The quantitative estimate of drug-likeness (QED) is 0.576. The SMILES string of the molecule is O=C1CCC(N2Cc3ccc(CNCC4CNCC(C(F)(F)F)O4)cc3C2=O)C(=O)N1. The van der Waals surface area contributed by atoms with Crippen molar-refractivity contribution in [1.82, 2.24) is 20.9 Å². The molecule has 3 atom stereocenters. The summed E-state index contributed by atoms with van der Waals surface area (Å²) in [5.74, 6) is -1.06. The largest absolute Gasteiger partial charge is 0.415 e. The van der Waals surface area contributed by atoms with Crippen molar-refractivity contribution in [2.24, 2.45) is 0 Å². The fraction of sp³-hybridized carbons (Fsp3) is 0.550. The molecule has 0 saturated carbocycles. The molecule has 0 aromatic heterocycles. The van der Waals surface area contributed by atoms with Gasteiger partial charge in [0.2, 0.25) is 11.8 Å². The molecule has 2 saturated heterocycles. The van der Waals surface area contributed by atoms with Crippen molar-refractivity contribution in [3.05, 3.63) is 34.9 Å². The number of nitrogens with one attached hydrogen (secondary N) is 3. The van der Waals surface area contributed by atoms with E-state index in [4.69, 9.17) is 4.74 Å². The molecule has 3 aliphatic heterocycles. The molecule has 1 aromatic carbocycles. The van der Waals surface area contributed by atoms with Crippen molar-refractivity contribution >= 4 is 17.7 Å². The number of hydrogen-bond donors (Lipinski definition) is 3. The Morgan fingerprint density at radius 2 is 2.00 bits per heavy atom. The number of amides is 3. The van der Waals surface area contributed by atoms with E-state index < -0.39 is 30.3 Å². The molecule has 8 nitrogen and oxygen atoms in total. The number of nitrogens with zero attached hydrogens (tertiary/aromatic N) is 1. The molecule has 31 heavy (non-hydrogen) atoms. The zero-order valence-electron chi connectivity index (χ0n) is 16.6. The Balaban J connectivity index is 1.33. The second kappa shape index (κ2) is 8.56. The third-order valence-electron chi connectivity index (χ3n) is 5.72. The van der Waals surface area contributed by atoms with Gasteiger partial charge >= 0.3 is 6.18 Å². The molecule has 0 spiro atoms. The summed E-state index contributed by atoms with van der Waals surface area (Å²) in [6.07, 6.45) is -6.34. The number of imide groups is 1. The number of ether oxygens (including phenoxy) is 1. The number of hydrogen-bond acceptors (Lipinski definition) is 6. The van der Waals surface area contributed by atoms with E-state index >= 15 is 0 Å². The molecule has 168 valence electrons.